The van der Waals surface area contributed by atoms with Gasteiger partial charge >= 0.3 is 0 Å². The summed E-state index contributed by atoms with van der Waals surface area (Å²) in [5.41, 5.74) is 3.67. The van der Waals surface area contributed by atoms with Crippen LogP contribution in [0.3, 0.4) is 0 Å². The van der Waals surface area contributed by atoms with Crippen molar-refractivity contribution in [2.75, 3.05) is 5.32 Å². The Morgan fingerprint density at radius 3 is 2.88 bits per heavy atom. The molecule has 0 spiro atoms. The topological polar surface area (TPSA) is 48.7 Å². The fourth-order valence-electron chi connectivity index (χ4n) is 1.66. The summed E-state index contributed by atoms with van der Waals surface area (Å²) in [6.45, 7) is 4.64. The van der Waals surface area contributed by atoms with Crippen LogP contribution in [0.15, 0.2) is 23.6 Å². The van der Waals surface area contributed by atoms with Crippen molar-refractivity contribution in [2.24, 2.45) is 0 Å². The lowest BCUT2D eigenvalue weighted by Gasteiger charge is -2.09. The van der Waals surface area contributed by atoms with E-state index in [0.717, 1.165) is 22.0 Å². The van der Waals surface area contributed by atoms with Crippen LogP contribution in [0.2, 0.25) is 0 Å². The molecule has 17 heavy (non-hydrogen) atoms. The molecule has 1 heterocycles. The van der Waals surface area contributed by atoms with Gasteiger partial charge < -0.3 is 5.32 Å². The van der Waals surface area contributed by atoms with Crippen LogP contribution in [-0.2, 0) is 6.54 Å². The van der Waals surface area contributed by atoms with E-state index in [2.05, 4.69) is 16.4 Å². The largest absolute Gasteiger partial charge is 0.378 e. The maximum atomic E-state index is 9.04. The number of rotatable bonds is 3. The second-order valence-corrected chi connectivity index (χ2v) is 4.88. The highest BCUT2D eigenvalue weighted by atomic mass is 32.1. The van der Waals surface area contributed by atoms with E-state index in [4.69, 9.17) is 5.26 Å². The van der Waals surface area contributed by atoms with Gasteiger partial charge in [0.2, 0.25) is 0 Å². The van der Waals surface area contributed by atoms with E-state index in [9.17, 15) is 0 Å². The molecule has 0 aliphatic carbocycles. The molecule has 0 fully saturated rings. The first kappa shape index (κ1) is 11.6. The molecule has 0 aliphatic rings. The lowest BCUT2D eigenvalue weighted by Crippen LogP contribution is -2.03. The van der Waals surface area contributed by atoms with Crippen LogP contribution in [0.5, 0.6) is 0 Å². The Labute approximate surface area is 105 Å². The molecule has 4 heteroatoms. The minimum atomic E-state index is 0.657. The number of hydrogen-bond acceptors (Lipinski definition) is 4. The third-order valence-corrected chi connectivity index (χ3v) is 3.33. The number of aryl methyl sites for hydroxylation is 2. The van der Waals surface area contributed by atoms with Gasteiger partial charge in [0.1, 0.15) is 6.07 Å². The Bertz CT molecular complexity index is 566. The Morgan fingerprint density at radius 2 is 2.24 bits per heavy atom. The molecular formula is C13H13N3S. The zero-order valence-corrected chi connectivity index (χ0v) is 10.6. The summed E-state index contributed by atoms with van der Waals surface area (Å²) in [5.74, 6) is 0. The van der Waals surface area contributed by atoms with E-state index >= 15 is 0 Å². The highest BCUT2D eigenvalue weighted by Gasteiger charge is 2.05. The predicted molar refractivity (Wildman–Crippen MR) is 70.1 cm³/mol. The van der Waals surface area contributed by atoms with Crippen LogP contribution in [-0.4, -0.2) is 4.98 Å². The van der Waals surface area contributed by atoms with Crippen molar-refractivity contribution in [3.8, 4) is 6.07 Å². The van der Waals surface area contributed by atoms with Gasteiger partial charge in [0.25, 0.3) is 0 Å². The summed E-state index contributed by atoms with van der Waals surface area (Å²) in [5, 5.41) is 15.4. The molecule has 2 aromatic rings. The zero-order valence-electron chi connectivity index (χ0n) is 9.82. The van der Waals surface area contributed by atoms with Gasteiger partial charge in [-0.1, -0.05) is 12.1 Å². The lowest BCUT2D eigenvalue weighted by molar-refractivity contribution is 1.05. The molecule has 1 N–H and O–H groups in total. The number of nitrogens with one attached hydrogen (secondary N) is 1. The summed E-state index contributed by atoms with van der Waals surface area (Å²) < 4.78 is 0. The summed E-state index contributed by atoms with van der Waals surface area (Å²) in [7, 11) is 0. The molecule has 1 aromatic heterocycles. The smallest absolute Gasteiger partial charge is 0.101 e. The Kier molecular flexibility index (Phi) is 3.40. The third-order valence-electron chi connectivity index (χ3n) is 2.51. The first-order valence-corrected chi connectivity index (χ1v) is 6.23. The normalized spacial score (nSPS) is 9.94. The van der Waals surface area contributed by atoms with Gasteiger partial charge in [-0.25, -0.2) is 4.98 Å². The van der Waals surface area contributed by atoms with Crippen molar-refractivity contribution >= 4 is 17.0 Å². The van der Waals surface area contributed by atoms with E-state index in [-0.39, 0.29) is 0 Å². The van der Waals surface area contributed by atoms with Gasteiger partial charge in [0.15, 0.2) is 0 Å². The highest BCUT2D eigenvalue weighted by Crippen LogP contribution is 2.20. The van der Waals surface area contributed by atoms with Crippen LogP contribution in [0.1, 0.15) is 21.8 Å². The molecule has 86 valence electrons. The monoisotopic (exact) mass is 243 g/mol. The number of thiazole rings is 1. The molecule has 0 bridgehead atoms. The molecule has 1 aromatic carbocycles. The fraction of sp³-hybridized carbons (Fsp3) is 0.231. The number of para-hydroxylation sites is 1. The van der Waals surface area contributed by atoms with Gasteiger partial charge in [-0.15, -0.1) is 11.3 Å². The predicted octanol–water partition coefficient (Wildman–Crippen LogP) is 3.24. The molecule has 0 saturated carbocycles. The maximum absolute atomic E-state index is 9.04. The Balaban J connectivity index is 2.17. The van der Waals surface area contributed by atoms with Gasteiger partial charge in [0, 0.05) is 5.38 Å². The average molecular weight is 243 g/mol. The number of nitrogens with zero attached hydrogens (tertiary/aromatic N) is 2. The van der Waals surface area contributed by atoms with Gasteiger partial charge in [-0.05, 0) is 25.5 Å². The van der Waals surface area contributed by atoms with Crippen molar-refractivity contribution in [1.29, 1.82) is 5.26 Å². The zero-order chi connectivity index (χ0) is 12.3. The Morgan fingerprint density at radius 1 is 1.41 bits per heavy atom. The maximum Gasteiger partial charge on any atom is 0.101 e. The molecule has 0 amide bonds. The molecule has 0 unspecified atom stereocenters. The lowest BCUT2D eigenvalue weighted by atomic mass is 10.1. The van der Waals surface area contributed by atoms with E-state index in [0.29, 0.717) is 12.1 Å². The second-order valence-electron chi connectivity index (χ2n) is 3.82. The van der Waals surface area contributed by atoms with E-state index in [1.54, 1.807) is 11.3 Å². The number of nitriles is 1. The standard InChI is InChI=1S/C13H13N3S/c1-9-4-3-5-11(6-14)13(9)15-7-12-8-17-10(2)16-12/h3-5,8,15H,7H2,1-2H3. The molecule has 0 radical (unpaired) electrons. The van der Waals surface area contributed by atoms with Crippen molar-refractivity contribution in [1.82, 2.24) is 4.98 Å². The molecule has 0 aliphatic heterocycles. The van der Waals surface area contributed by atoms with Crippen LogP contribution >= 0.6 is 11.3 Å². The SMILES string of the molecule is Cc1nc(CNc2c(C)cccc2C#N)cs1. The average Bonchev–Trinajstić information content (AvgIpc) is 2.73. The van der Waals surface area contributed by atoms with Crippen LogP contribution < -0.4 is 5.32 Å². The first-order chi connectivity index (χ1) is 8.20. The molecule has 0 atom stereocenters. The molecule has 0 saturated heterocycles. The van der Waals surface area contributed by atoms with E-state index in [1.807, 2.05) is 37.4 Å². The second kappa shape index (κ2) is 4.98. The fourth-order valence-corrected chi connectivity index (χ4v) is 2.28. The van der Waals surface area contributed by atoms with E-state index < -0.39 is 0 Å². The summed E-state index contributed by atoms with van der Waals surface area (Å²) >= 11 is 1.64. The van der Waals surface area contributed by atoms with Crippen molar-refractivity contribution in [3.05, 3.63) is 45.4 Å². The molecule has 3 nitrogen and oxygen atoms in total. The minimum Gasteiger partial charge on any atom is -0.378 e. The summed E-state index contributed by atoms with van der Waals surface area (Å²) in [6, 6.07) is 7.91. The number of aromatic nitrogens is 1. The van der Waals surface area contributed by atoms with Crippen LogP contribution in [0.25, 0.3) is 0 Å². The van der Waals surface area contributed by atoms with Crippen molar-refractivity contribution in [2.45, 2.75) is 20.4 Å². The minimum absolute atomic E-state index is 0.657. The quantitative estimate of drug-likeness (QED) is 0.900. The van der Waals surface area contributed by atoms with E-state index in [1.165, 1.54) is 0 Å². The van der Waals surface area contributed by atoms with Crippen LogP contribution in [0, 0.1) is 25.2 Å². The summed E-state index contributed by atoms with van der Waals surface area (Å²) in [6.07, 6.45) is 0. The number of benzene rings is 1. The highest BCUT2D eigenvalue weighted by molar-refractivity contribution is 7.09. The molecular weight excluding hydrogens is 230 g/mol. The van der Waals surface area contributed by atoms with Crippen molar-refractivity contribution < 1.29 is 0 Å². The summed E-state index contributed by atoms with van der Waals surface area (Å²) in [4.78, 5) is 4.38. The van der Waals surface area contributed by atoms with Crippen molar-refractivity contribution in [3.63, 3.8) is 0 Å². The third kappa shape index (κ3) is 2.63. The van der Waals surface area contributed by atoms with Gasteiger partial charge in [-0.3, -0.25) is 0 Å². The van der Waals surface area contributed by atoms with Gasteiger partial charge in [0.05, 0.1) is 28.5 Å². The number of anilines is 1. The number of hydrogen-bond donors (Lipinski definition) is 1. The Hall–Kier alpha value is -1.86. The molecule has 2 rings (SSSR count). The first-order valence-electron chi connectivity index (χ1n) is 5.35. The van der Waals surface area contributed by atoms with Gasteiger partial charge in [-0.2, -0.15) is 5.26 Å². The van der Waals surface area contributed by atoms with Crippen LogP contribution in [0.4, 0.5) is 5.69 Å².